The fourth-order valence-electron chi connectivity index (χ4n) is 0.854. The molecule has 2 aromatic heterocycles. The Labute approximate surface area is 87.0 Å². The average Bonchev–Trinajstić information content (AvgIpc) is 2.58. The normalized spacial score (nSPS) is 10.5. The quantitative estimate of drug-likeness (QED) is 0.759. The van der Waals surface area contributed by atoms with Crippen molar-refractivity contribution >= 4 is 33.9 Å². The first-order chi connectivity index (χ1) is 5.75. The van der Waals surface area contributed by atoms with Gasteiger partial charge in [0, 0.05) is 0 Å². The fraction of sp³-hybridized carbons (Fsp3) is 0.143. The maximum Gasteiger partial charge on any atom is 0.184 e. The summed E-state index contributed by atoms with van der Waals surface area (Å²) < 4.78 is 6.31. The van der Waals surface area contributed by atoms with Gasteiger partial charge in [-0.2, -0.15) is 0 Å². The summed E-state index contributed by atoms with van der Waals surface area (Å²) in [6, 6.07) is 3.83. The van der Waals surface area contributed by atoms with Gasteiger partial charge in [0.05, 0.1) is 0 Å². The van der Waals surface area contributed by atoms with Crippen LogP contribution in [0.4, 0.5) is 0 Å². The van der Waals surface area contributed by atoms with Gasteiger partial charge in [-0.05, 0) is 41.6 Å². The lowest BCUT2D eigenvalue weighted by molar-refractivity contribution is 0.547. The van der Waals surface area contributed by atoms with Crippen LogP contribution in [-0.2, 0) is 0 Å². The lowest BCUT2D eigenvalue weighted by atomic mass is 10.4. The molecule has 0 aromatic carbocycles. The summed E-state index contributed by atoms with van der Waals surface area (Å²) >= 11 is 3.66. The van der Waals surface area contributed by atoms with E-state index in [1.165, 1.54) is 11.3 Å². The Morgan fingerprint density at radius 3 is 2.75 bits per heavy atom. The van der Waals surface area contributed by atoms with E-state index in [0.29, 0.717) is 0 Å². The van der Waals surface area contributed by atoms with Gasteiger partial charge in [-0.25, -0.2) is 0 Å². The Morgan fingerprint density at radius 2 is 2.25 bits per heavy atom. The molecule has 0 radical (unpaired) electrons. The van der Waals surface area contributed by atoms with Crippen LogP contribution in [0.2, 0.25) is 0 Å². The SMILES string of the molecule is Cc1ccc(-c2nnc(I)s2)o1. The maximum atomic E-state index is 5.39. The zero-order chi connectivity index (χ0) is 8.55. The second-order valence-corrected chi connectivity index (χ2v) is 5.00. The van der Waals surface area contributed by atoms with Gasteiger partial charge in [0.15, 0.2) is 13.8 Å². The second-order valence-electron chi connectivity index (χ2n) is 2.27. The van der Waals surface area contributed by atoms with Crippen LogP contribution in [0.3, 0.4) is 0 Å². The molecule has 0 unspecified atom stereocenters. The van der Waals surface area contributed by atoms with Gasteiger partial charge in [0.1, 0.15) is 5.76 Å². The monoisotopic (exact) mass is 292 g/mol. The van der Waals surface area contributed by atoms with Crippen molar-refractivity contribution in [2.24, 2.45) is 0 Å². The largest absolute Gasteiger partial charge is 0.459 e. The molecule has 0 aliphatic heterocycles. The van der Waals surface area contributed by atoms with E-state index in [0.717, 1.165) is 19.5 Å². The van der Waals surface area contributed by atoms with Crippen molar-refractivity contribution in [3.63, 3.8) is 0 Å². The van der Waals surface area contributed by atoms with Gasteiger partial charge in [0.2, 0.25) is 0 Å². The highest BCUT2D eigenvalue weighted by Crippen LogP contribution is 2.25. The number of rotatable bonds is 1. The molecule has 0 bridgehead atoms. The first-order valence-corrected chi connectivity index (χ1v) is 5.21. The smallest absolute Gasteiger partial charge is 0.184 e. The van der Waals surface area contributed by atoms with Crippen LogP contribution < -0.4 is 0 Å². The van der Waals surface area contributed by atoms with E-state index in [1.54, 1.807) is 0 Å². The van der Waals surface area contributed by atoms with Gasteiger partial charge >= 0.3 is 0 Å². The van der Waals surface area contributed by atoms with Crippen molar-refractivity contribution in [1.29, 1.82) is 0 Å². The molecule has 0 saturated carbocycles. The molecule has 62 valence electrons. The third kappa shape index (κ3) is 1.51. The number of halogens is 1. The Balaban J connectivity index is 2.43. The molecule has 2 heterocycles. The van der Waals surface area contributed by atoms with Crippen LogP contribution >= 0.6 is 33.9 Å². The number of nitrogens with zero attached hydrogens (tertiary/aromatic N) is 2. The number of aromatic nitrogens is 2. The number of hydrogen-bond acceptors (Lipinski definition) is 4. The molecule has 2 aromatic rings. The van der Waals surface area contributed by atoms with E-state index < -0.39 is 0 Å². The highest BCUT2D eigenvalue weighted by molar-refractivity contribution is 14.1. The summed E-state index contributed by atoms with van der Waals surface area (Å²) in [7, 11) is 0. The molecule has 0 spiro atoms. The predicted molar refractivity (Wildman–Crippen MR) is 55.1 cm³/mol. The van der Waals surface area contributed by atoms with E-state index in [-0.39, 0.29) is 0 Å². The van der Waals surface area contributed by atoms with Crippen molar-refractivity contribution in [2.75, 3.05) is 0 Å². The molecule has 0 fully saturated rings. The van der Waals surface area contributed by atoms with Crippen LogP contribution in [-0.4, -0.2) is 10.2 Å². The summed E-state index contributed by atoms with van der Waals surface area (Å²) in [6.07, 6.45) is 0. The molecular formula is C7H5IN2OS. The van der Waals surface area contributed by atoms with Crippen molar-refractivity contribution in [2.45, 2.75) is 6.92 Å². The van der Waals surface area contributed by atoms with Crippen molar-refractivity contribution < 1.29 is 4.42 Å². The molecule has 3 nitrogen and oxygen atoms in total. The predicted octanol–water partition coefficient (Wildman–Crippen LogP) is 2.71. The Bertz CT molecular complexity index is 357. The highest BCUT2D eigenvalue weighted by atomic mass is 127. The molecule has 0 aliphatic carbocycles. The van der Waals surface area contributed by atoms with Crippen LogP contribution in [0.15, 0.2) is 16.5 Å². The fourth-order valence-corrected chi connectivity index (χ4v) is 2.12. The number of aryl methyl sites for hydroxylation is 1. The molecule has 12 heavy (non-hydrogen) atoms. The molecule has 5 heteroatoms. The van der Waals surface area contributed by atoms with Crippen molar-refractivity contribution in [3.8, 4) is 10.8 Å². The van der Waals surface area contributed by atoms with Crippen LogP contribution in [0, 0.1) is 9.94 Å². The summed E-state index contributed by atoms with van der Waals surface area (Å²) in [6.45, 7) is 1.91. The summed E-state index contributed by atoms with van der Waals surface area (Å²) in [5.74, 6) is 1.70. The van der Waals surface area contributed by atoms with E-state index in [4.69, 9.17) is 4.42 Å². The highest BCUT2D eigenvalue weighted by Gasteiger charge is 2.07. The minimum atomic E-state index is 0.799. The topological polar surface area (TPSA) is 38.9 Å². The summed E-state index contributed by atoms with van der Waals surface area (Å²) in [4.78, 5) is 0. The first kappa shape index (κ1) is 8.18. The van der Waals surface area contributed by atoms with Crippen LogP contribution in [0.5, 0.6) is 0 Å². The van der Waals surface area contributed by atoms with E-state index >= 15 is 0 Å². The summed E-state index contributed by atoms with van der Waals surface area (Å²) in [5, 5.41) is 8.70. The number of furan rings is 1. The molecule has 0 amide bonds. The van der Waals surface area contributed by atoms with Crippen molar-refractivity contribution in [3.05, 3.63) is 20.9 Å². The standard InChI is InChI=1S/C7H5IN2OS/c1-4-2-3-5(11-4)6-9-10-7(8)12-6/h2-3H,1H3. The average molecular weight is 292 g/mol. The van der Waals surface area contributed by atoms with Gasteiger partial charge in [-0.3, -0.25) is 0 Å². The zero-order valence-electron chi connectivity index (χ0n) is 6.24. The van der Waals surface area contributed by atoms with Gasteiger partial charge in [-0.15, -0.1) is 10.2 Å². The molecule has 2 rings (SSSR count). The molecule has 0 N–H and O–H groups in total. The first-order valence-electron chi connectivity index (χ1n) is 3.31. The molecule has 0 aliphatic rings. The van der Waals surface area contributed by atoms with Gasteiger partial charge < -0.3 is 4.42 Å². The second kappa shape index (κ2) is 3.14. The third-order valence-corrected chi connectivity index (χ3v) is 2.95. The zero-order valence-corrected chi connectivity index (χ0v) is 9.22. The lowest BCUT2D eigenvalue weighted by Crippen LogP contribution is -1.71. The van der Waals surface area contributed by atoms with E-state index in [1.807, 2.05) is 19.1 Å². The molecule has 0 saturated heterocycles. The molecule has 0 atom stereocenters. The van der Waals surface area contributed by atoms with E-state index in [9.17, 15) is 0 Å². The summed E-state index contributed by atoms with van der Waals surface area (Å²) in [5.41, 5.74) is 0. The maximum absolute atomic E-state index is 5.39. The third-order valence-electron chi connectivity index (χ3n) is 1.35. The Hall–Kier alpha value is -0.430. The minimum Gasteiger partial charge on any atom is -0.459 e. The van der Waals surface area contributed by atoms with Crippen LogP contribution in [0.25, 0.3) is 10.8 Å². The Morgan fingerprint density at radius 1 is 1.42 bits per heavy atom. The minimum absolute atomic E-state index is 0.799. The van der Waals surface area contributed by atoms with Crippen LogP contribution in [0.1, 0.15) is 5.76 Å². The van der Waals surface area contributed by atoms with Crippen molar-refractivity contribution in [1.82, 2.24) is 10.2 Å². The van der Waals surface area contributed by atoms with Gasteiger partial charge in [0.25, 0.3) is 0 Å². The lowest BCUT2D eigenvalue weighted by Gasteiger charge is -1.84. The van der Waals surface area contributed by atoms with Gasteiger partial charge in [-0.1, -0.05) is 11.3 Å². The Kier molecular flexibility index (Phi) is 2.14. The number of hydrogen-bond donors (Lipinski definition) is 0. The molecular weight excluding hydrogens is 287 g/mol. The van der Waals surface area contributed by atoms with E-state index in [2.05, 4.69) is 32.8 Å².